The number of fused-ring (bicyclic) bond motifs is 1. The Hall–Kier alpha value is -2.47. The summed E-state index contributed by atoms with van der Waals surface area (Å²) in [4.78, 5) is 5.38. The van der Waals surface area contributed by atoms with Crippen LogP contribution in [-0.4, -0.2) is 31.0 Å². The molecule has 6 heteroatoms. The minimum absolute atomic E-state index is 0.120. The van der Waals surface area contributed by atoms with E-state index in [4.69, 9.17) is 9.72 Å². The van der Waals surface area contributed by atoms with Crippen LogP contribution in [0.2, 0.25) is 0 Å². The van der Waals surface area contributed by atoms with Crippen molar-refractivity contribution in [3.63, 3.8) is 0 Å². The first-order valence-corrected chi connectivity index (χ1v) is 11.5. The zero-order valence-electron chi connectivity index (χ0n) is 18.2. The number of aryl methyl sites for hydroxylation is 1. The van der Waals surface area contributed by atoms with Crippen LogP contribution in [0.3, 0.4) is 0 Å². The zero-order valence-corrected chi connectivity index (χ0v) is 18.2. The van der Waals surface area contributed by atoms with Crippen molar-refractivity contribution in [2.75, 3.05) is 20.3 Å². The van der Waals surface area contributed by atoms with Gasteiger partial charge in [-0.3, -0.25) is 4.98 Å². The van der Waals surface area contributed by atoms with Gasteiger partial charge in [-0.25, -0.2) is 4.39 Å². The van der Waals surface area contributed by atoms with Gasteiger partial charge in [0.25, 0.3) is 0 Å². The van der Waals surface area contributed by atoms with Crippen LogP contribution >= 0.6 is 0 Å². The van der Waals surface area contributed by atoms with E-state index >= 15 is 0 Å². The van der Waals surface area contributed by atoms with Crippen LogP contribution in [0.15, 0.2) is 39.7 Å². The molecule has 1 saturated carbocycles. The van der Waals surface area contributed by atoms with Crippen molar-refractivity contribution in [1.29, 1.82) is 0 Å². The van der Waals surface area contributed by atoms with Crippen LogP contribution in [0.25, 0.3) is 11.1 Å². The molecule has 0 spiro atoms. The highest BCUT2D eigenvalue weighted by molar-refractivity contribution is 6.09. The third kappa shape index (κ3) is 3.71. The van der Waals surface area contributed by atoms with Crippen LogP contribution in [-0.2, 0) is 23.0 Å². The highest BCUT2D eigenvalue weighted by Crippen LogP contribution is 2.46. The second-order valence-corrected chi connectivity index (χ2v) is 9.06. The topological polar surface area (TPSA) is 59.2 Å². The van der Waals surface area contributed by atoms with E-state index in [-0.39, 0.29) is 11.2 Å². The van der Waals surface area contributed by atoms with Gasteiger partial charge in [0, 0.05) is 23.8 Å². The average molecular weight is 421 g/mol. The fourth-order valence-corrected chi connectivity index (χ4v) is 5.64. The third-order valence-electron chi connectivity index (χ3n) is 7.08. The molecule has 0 unspecified atom stereocenters. The predicted octanol–water partition coefficient (Wildman–Crippen LogP) is 5.78. The molecule has 0 atom stereocenters. The molecule has 1 aromatic carbocycles. The molecule has 2 aromatic rings. The van der Waals surface area contributed by atoms with Crippen LogP contribution in [0.5, 0.6) is 0 Å². The number of hydrogen-bond acceptors (Lipinski definition) is 5. The molecule has 0 bridgehead atoms. The fourth-order valence-electron chi connectivity index (χ4n) is 5.64. The summed E-state index contributed by atoms with van der Waals surface area (Å²) in [5.74, 6) is -0.222. The molecule has 2 heterocycles. The van der Waals surface area contributed by atoms with Gasteiger partial charge in [0.05, 0.1) is 18.0 Å². The highest BCUT2D eigenvalue weighted by Gasteiger charge is 2.42. The maximum Gasteiger partial charge on any atom is 0.123 e. The summed E-state index contributed by atoms with van der Waals surface area (Å²) in [6.07, 6.45) is 9.95. The molecule has 1 aromatic heterocycles. The molecule has 5 rings (SSSR count). The molecule has 0 amide bonds. The normalized spacial score (nSPS) is 19.9. The minimum Gasteiger partial charge on any atom is -0.384 e. The van der Waals surface area contributed by atoms with Crippen molar-refractivity contribution in [3.8, 4) is 11.1 Å². The molecule has 0 saturated heterocycles. The van der Waals surface area contributed by atoms with Gasteiger partial charge >= 0.3 is 0 Å². The molecule has 1 fully saturated rings. The molecule has 162 valence electrons. The summed E-state index contributed by atoms with van der Waals surface area (Å²) in [5.41, 5.74) is 7.60. The van der Waals surface area contributed by atoms with Crippen molar-refractivity contribution in [1.82, 2.24) is 4.98 Å². The van der Waals surface area contributed by atoms with Gasteiger partial charge in [0.2, 0.25) is 0 Å². The molecule has 2 aliphatic carbocycles. The first-order chi connectivity index (χ1) is 15.2. The number of halogens is 1. The van der Waals surface area contributed by atoms with Gasteiger partial charge in [0.15, 0.2) is 0 Å². The second-order valence-electron chi connectivity index (χ2n) is 9.06. The van der Waals surface area contributed by atoms with Gasteiger partial charge in [0.1, 0.15) is 12.4 Å². The Kier molecular flexibility index (Phi) is 5.65. The minimum atomic E-state index is -0.222. The van der Waals surface area contributed by atoms with E-state index in [0.29, 0.717) is 13.2 Å². The molecular weight excluding hydrogens is 391 g/mol. The lowest BCUT2D eigenvalue weighted by Crippen LogP contribution is -2.33. The number of pyridine rings is 1. The van der Waals surface area contributed by atoms with E-state index in [9.17, 15) is 4.39 Å². The number of ether oxygens (including phenoxy) is 1. The Bertz CT molecular complexity index is 1020. The van der Waals surface area contributed by atoms with E-state index in [1.165, 1.54) is 30.5 Å². The van der Waals surface area contributed by atoms with E-state index in [1.807, 2.05) is 12.1 Å². The van der Waals surface area contributed by atoms with Crippen molar-refractivity contribution in [2.24, 2.45) is 15.4 Å². The molecule has 5 nitrogen and oxygen atoms in total. The monoisotopic (exact) mass is 420 g/mol. The van der Waals surface area contributed by atoms with Gasteiger partial charge < -0.3 is 4.74 Å². The molecule has 1 aliphatic heterocycles. The fraction of sp³-hybridized carbons (Fsp3) is 0.520. The summed E-state index contributed by atoms with van der Waals surface area (Å²) in [6, 6.07) is 6.89. The van der Waals surface area contributed by atoms with Crippen LogP contribution in [0.1, 0.15) is 67.5 Å². The number of methoxy groups -OCH3 is 1. The predicted molar refractivity (Wildman–Crippen MR) is 119 cm³/mol. The molecular formula is C25H29FN4O. The Morgan fingerprint density at radius 3 is 2.45 bits per heavy atom. The lowest BCUT2D eigenvalue weighted by Gasteiger charge is -2.32. The van der Waals surface area contributed by atoms with Crippen molar-refractivity contribution in [2.45, 2.75) is 63.2 Å². The quantitative estimate of drug-likeness (QED) is 0.575. The van der Waals surface area contributed by atoms with Gasteiger partial charge in [-0.05, 0) is 72.6 Å². The highest BCUT2D eigenvalue weighted by atomic mass is 19.1. The molecule has 0 radical (unpaired) electrons. The Morgan fingerprint density at radius 1 is 0.968 bits per heavy atom. The van der Waals surface area contributed by atoms with E-state index in [0.717, 1.165) is 66.6 Å². The molecule has 0 N–H and O–H groups in total. The summed E-state index contributed by atoms with van der Waals surface area (Å²) in [7, 11) is 1.78. The number of rotatable bonds is 5. The van der Waals surface area contributed by atoms with Crippen LogP contribution in [0.4, 0.5) is 4.39 Å². The maximum absolute atomic E-state index is 13.8. The van der Waals surface area contributed by atoms with Gasteiger partial charge in [-0.15, -0.1) is 5.10 Å². The first-order valence-electron chi connectivity index (χ1n) is 11.5. The van der Waals surface area contributed by atoms with Gasteiger partial charge in [-0.2, -0.15) is 5.11 Å². The maximum atomic E-state index is 13.8. The lowest BCUT2D eigenvalue weighted by atomic mass is 9.76. The van der Waals surface area contributed by atoms with Crippen LogP contribution < -0.4 is 0 Å². The van der Waals surface area contributed by atoms with Crippen LogP contribution in [0, 0.1) is 5.82 Å². The number of aromatic nitrogens is 1. The summed E-state index contributed by atoms with van der Waals surface area (Å²) in [5, 5.41) is 12.5. The number of hydrogen-bond donors (Lipinski definition) is 0. The van der Waals surface area contributed by atoms with Crippen molar-refractivity contribution in [3.05, 3.63) is 52.6 Å². The Balaban J connectivity index is 1.83. The third-order valence-corrected chi connectivity index (χ3v) is 7.08. The standard InChI is InChI=1S/C25H29FN4O/c1-31-16-25(13-5-6-14-25)24-23(21-15-27-30-29-21)22(17-9-11-18(26)12-10-17)19-7-3-2-4-8-20(19)28-24/h9-12H,2-8,13-16H2,1H3. The molecule has 3 aliphatic rings. The second kappa shape index (κ2) is 8.58. The number of nitrogens with zero attached hydrogens (tertiary/aromatic N) is 4. The Morgan fingerprint density at radius 2 is 1.74 bits per heavy atom. The lowest BCUT2D eigenvalue weighted by molar-refractivity contribution is 0.129. The van der Waals surface area contributed by atoms with Crippen molar-refractivity contribution < 1.29 is 9.13 Å². The van der Waals surface area contributed by atoms with E-state index < -0.39 is 0 Å². The molecule has 31 heavy (non-hydrogen) atoms. The average Bonchev–Trinajstić information content (AvgIpc) is 3.42. The number of benzene rings is 1. The summed E-state index contributed by atoms with van der Waals surface area (Å²) in [6.45, 7) is 1.11. The van der Waals surface area contributed by atoms with Gasteiger partial charge in [-0.1, -0.05) is 31.4 Å². The largest absolute Gasteiger partial charge is 0.384 e. The summed E-state index contributed by atoms with van der Waals surface area (Å²) >= 11 is 0. The first kappa shape index (κ1) is 20.4. The summed E-state index contributed by atoms with van der Waals surface area (Å²) < 4.78 is 19.6. The van der Waals surface area contributed by atoms with E-state index in [1.54, 1.807) is 19.2 Å². The zero-order chi connectivity index (χ0) is 21.3. The van der Waals surface area contributed by atoms with Crippen molar-refractivity contribution >= 4 is 5.71 Å². The van der Waals surface area contributed by atoms with E-state index in [2.05, 4.69) is 15.4 Å². The SMILES string of the molecule is COCC1(c2nc3c(c(-c4ccc(F)cc4)c2C2=NN=NC2)CCCCC3)CCCC1. The Labute approximate surface area is 182 Å². The smallest absolute Gasteiger partial charge is 0.123 e.